The van der Waals surface area contributed by atoms with Gasteiger partial charge in [0, 0.05) is 0 Å². The highest BCUT2D eigenvalue weighted by Crippen LogP contribution is 2.34. The average Bonchev–Trinajstić information content (AvgIpc) is 2.34. The molecule has 0 aliphatic carbocycles. The highest BCUT2D eigenvalue weighted by atomic mass is 19.4. The molecule has 96 valence electrons. The highest BCUT2D eigenvalue weighted by Gasteiger charge is 2.36. The van der Waals surface area contributed by atoms with Gasteiger partial charge >= 0.3 is 12.1 Å². The number of rotatable bonds is 2. The minimum atomic E-state index is -4.71. The third kappa shape index (κ3) is 2.62. The van der Waals surface area contributed by atoms with E-state index in [1.54, 1.807) is 13.0 Å². The normalized spacial score (nSPS) is 10.9. The van der Waals surface area contributed by atoms with E-state index < -0.39 is 23.3 Å². The van der Waals surface area contributed by atoms with Gasteiger partial charge in [-0.2, -0.15) is 18.4 Å². The molecule has 0 saturated carbocycles. The van der Waals surface area contributed by atoms with Crippen LogP contribution in [0.5, 0.6) is 0 Å². The van der Waals surface area contributed by atoms with Crippen molar-refractivity contribution in [2.24, 2.45) is 0 Å². The third-order valence-electron chi connectivity index (χ3n) is 2.46. The van der Waals surface area contributed by atoms with Gasteiger partial charge in [-0.05, 0) is 24.1 Å². The maximum atomic E-state index is 12.8. The van der Waals surface area contributed by atoms with Gasteiger partial charge in [-0.1, -0.05) is 6.92 Å². The summed E-state index contributed by atoms with van der Waals surface area (Å²) in [4.78, 5) is 11.3. The lowest BCUT2D eigenvalue weighted by Gasteiger charge is -2.13. The topological polar surface area (TPSA) is 50.1 Å². The summed E-state index contributed by atoms with van der Waals surface area (Å²) < 4.78 is 42.7. The van der Waals surface area contributed by atoms with Gasteiger partial charge in [0.25, 0.3) is 0 Å². The standard InChI is InChI=1S/C12H10F3NO2/c1-3-7-4-9(11(17)18-2)10(12(13,14)15)5-8(7)6-16/h4-5H,3H2,1-2H3. The minimum Gasteiger partial charge on any atom is -0.465 e. The molecule has 0 atom stereocenters. The predicted octanol–water partition coefficient (Wildman–Crippen LogP) is 2.93. The van der Waals surface area contributed by atoms with E-state index in [9.17, 15) is 18.0 Å². The summed E-state index contributed by atoms with van der Waals surface area (Å²) in [6.45, 7) is 1.69. The van der Waals surface area contributed by atoms with Gasteiger partial charge in [0.05, 0.1) is 29.9 Å². The summed E-state index contributed by atoms with van der Waals surface area (Å²) in [6.07, 6.45) is -4.35. The Morgan fingerprint density at radius 2 is 2.06 bits per heavy atom. The molecule has 0 heterocycles. The zero-order valence-electron chi connectivity index (χ0n) is 9.76. The van der Waals surface area contributed by atoms with Crippen LogP contribution < -0.4 is 0 Å². The number of carbonyl (C=O) groups excluding carboxylic acids is 1. The van der Waals surface area contributed by atoms with Crippen molar-refractivity contribution in [3.63, 3.8) is 0 Å². The zero-order valence-corrected chi connectivity index (χ0v) is 9.76. The molecule has 0 aliphatic heterocycles. The van der Waals surface area contributed by atoms with E-state index >= 15 is 0 Å². The van der Waals surface area contributed by atoms with Crippen LogP contribution in [0.25, 0.3) is 0 Å². The molecule has 0 saturated heterocycles. The highest BCUT2D eigenvalue weighted by molar-refractivity contribution is 5.91. The maximum absolute atomic E-state index is 12.8. The third-order valence-corrected chi connectivity index (χ3v) is 2.46. The SMILES string of the molecule is CCc1cc(C(=O)OC)c(C(F)(F)F)cc1C#N. The number of esters is 1. The summed E-state index contributed by atoms with van der Waals surface area (Å²) in [5.74, 6) is -1.07. The molecule has 1 rings (SSSR count). The van der Waals surface area contributed by atoms with E-state index in [1.807, 2.05) is 0 Å². The molecule has 1 aromatic carbocycles. The Morgan fingerprint density at radius 1 is 1.44 bits per heavy atom. The molecule has 1 aromatic rings. The van der Waals surface area contributed by atoms with E-state index in [0.29, 0.717) is 18.1 Å². The van der Waals surface area contributed by atoms with Crippen molar-refractivity contribution in [1.82, 2.24) is 0 Å². The first-order chi connectivity index (χ1) is 8.35. The number of nitrogens with zero attached hydrogens (tertiary/aromatic N) is 1. The van der Waals surface area contributed by atoms with E-state index in [1.165, 1.54) is 0 Å². The first-order valence-corrected chi connectivity index (χ1v) is 5.07. The molecular formula is C12H10F3NO2. The lowest BCUT2D eigenvalue weighted by atomic mass is 9.97. The number of hydrogen-bond acceptors (Lipinski definition) is 3. The number of nitriles is 1. The first kappa shape index (κ1) is 14.0. The molecule has 0 aromatic heterocycles. The van der Waals surface area contributed by atoms with Crippen LogP contribution in [0.15, 0.2) is 12.1 Å². The van der Waals surface area contributed by atoms with E-state index in [-0.39, 0.29) is 5.56 Å². The van der Waals surface area contributed by atoms with Gasteiger partial charge in [0.2, 0.25) is 0 Å². The molecule has 0 amide bonds. The van der Waals surface area contributed by atoms with Crippen LogP contribution in [0, 0.1) is 11.3 Å². The number of halogens is 3. The fraction of sp³-hybridized carbons (Fsp3) is 0.333. The molecule has 3 nitrogen and oxygen atoms in total. The maximum Gasteiger partial charge on any atom is 0.417 e. The van der Waals surface area contributed by atoms with Gasteiger partial charge in [0.15, 0.2) is 0 Å². The van der Waals surface area contributed by atoms with E-state index in [0.717, 1.165) is 13.2 Å². The van der Waals surface area contributed by atoms with Gasteiger partial charge in [0.1, 0.15) is 0 Å². The molecule has 0 radical (unpaired) electrons. The van der Waals surface area contributed by atoms with Crippen LogP contribution in [-0.2, 0) is 17.3 Å². The molecule has 0 unspecified atom stereocenters. The molecular weight excluding hydrogens is 247 g/mol. The molecule has 0 fully saturated rings. The second kappa shape index (κ2) is 5.08. The van der Waals surface area contributed by atoms with Crippen molar-refractivity contribution in [3.8, 4) is 6.07 Å². The van der Waals surface area contributed by atoms with Gasteiger partial charge in [-0.3, -0.25) is 0 Å². The largest absolute Gasteiger partial charge is 0.465 e. The van der Waals surface area contributed by atoms with Crippen LogP contribution in [0.1, 0.15) is 34.0 Å². The molecule has 18 heavy (non-hydrogen) atoms. The van der Waals surface area contributed by atoms with Gasteiger partial charge < -0.3 is 4.74 Å². The lowest BCUT2D eigenvalue weighted by Crippen LogP contribution is -2.15. The smallest absolute Gasteiger partial charge is 0.417 e. The minimum absolute atomic E-state index is 0.0857. The fourth-order valence-corrected chi connectivity index (χ4v) is 1.55. The van der Waals surface area contributed by atoms with Crippen molar-refractivity contribution in [2.45, 2.75) is 19.5 Å². The summed E-state index contributed by atoms with van der Waals surface area (Å²) in [7, 11) is 1.01. The first-order valence-electron chi connectivity index (χ1n) is 5.07. The average molecular weight is 257 g/mol. The Hall–Kier alpha value is -2.03. The number of aryl methyl sites for hydroxylation is 1. The van der Waals surface area contributed by atoms with Crippen molar-refractivity contribution in [1.29, 1.82) is 5.26 Å². The van der Waals surface area contributed by atoms with Gasteiger partial charge in [-0.25, -0.2) is 4.79 Å². The van der Waals surface area contributed by atoms with Gasteiger partial charge in [-0.15, -0.1) is 0 Å². The van der Waals surface area contributed by atoms with Crippen LogP contribution in [0.4, 0.5) is 13.2 Å². The second-order valence-corrected chi connectivity index (χ2v) is 3.51. The second-order valence-electron chi connectivity index (χ2n) is 3.51. The van der Waals surface area contributed by atoms with Crippen LogP contribution in [-0.4, -0.2) is 13.1 Å². The molecule has 0 aliphatic rings. The summed E-state index contributed by atoms with van der Waals surface area (Å²) in [5, 5.41) is 8.79. The van der Waals surface area contributed by atoms with Crippen molar-refractivity contribution in [2.75, 3.05) is 7.11 Å². The fourth-order valence-electron chi connectivity index (χ4n) is 1.55. The van der Waals surface area contributed by atoms with Crippen molar-refractivity contribution >= 4 is 5.97 Å². The summed E-state index contributed by atoms with van der Waals surface area (Å²) >= 11 is 0. The Bertz CT molecular complexity index is 515. The summed E-state index contributed by atoms with van der Waals surface area (Å²) in [6, 6.07) is 3.44. The molecule has 0 bridgehead atoms. The number of hydrogen-bond donors (Lipinski definition) is 0. The van der Waals surface area contributed by atoms with Crippen LogP contribution in [0.2, 0.25) is 0 Å². The van der Waals surface area contributed by atoms with Crippen LogP contribution in [0.3, 0.4) is 0 Å². The monoisotopic (exact) mass is 257 g/mol. The predicted molar refractivity (Wildman–Crippen MR) is 56.9 cm³/mol. The summed E-state index contributed by atoms with van der Waals surface area (Å²) in [5.41, 5.74) is -1.42. The van der Waals surface area contributed by atoms with Crippen molar-refractivity contribution < 1.29 is 22.7 Å². The number of alkyl halides is 3. The Balaban J connectivity index is 3.58. The number of benzene rings is 1. The Kier molecular flexibility index (Phi) is 3.96. The zero-order chi connectivity index (χ0) is 13.9. The lowest BCUT2D eigenvalue weighted by molar-refractivity contribution is -0.138. The Morgan fingerprint density at radius 3 is 2.44 bits per heavy atom. The van der Waals surface area contributed by atoms with Crippen molar-refractivity contribution in [3.05, 3.63) is 34.4 Å². The number of ether oxygens (including phenoxy) is 1. The molecule has 0 N–H and O–H groups in total. The Labute approximate surface area is 102 Å². The quantitative estimate of drug-likeness (QED) is 0.765. The van der Waals surface area contributed by atoms with E-state index in [4.69, 9.17) is 5.26 Å². The number of methoxy groups -OCH3 is 1. The number of carbonyl (C=O) groups is 1. The van der Waals surface area contributed by atoms with E-state index in [2.05, 4.69) is 4.74 Å². The molecule has 6 heteroatoms. The molecule has 0 spiro atoms. The van der Waals surface area contributed by atoms with Crippen LogP contribution >= 0.6 is 0 Å².